The van der Waals surface area contributed by atoms with Crippen molar-refractivity contribution in [1.82, 2.24) is 16.0 Å². The Morgan fingerprint density at radius 2 is 1.65 bits per heavy atom. The molecule has 1 fully saturated rings. The number of ether oxygens (including phenoxy) is 1. The number of hydrogen-bond donors (Lipinski definition) is 3. The maximum Gasteiger partial charge on any atom is 0.407 e. The van der Waals surface area contributed by atoms with Crippen LogP contribution < -0.4 is 16.0 Å². The van der Waals surface area contributed by atoms with Gasteiger partial charge in [0.2, 0.25) is 0 Å². The fourth-order valence-electron chi connectivity index (χ4n) is 3.72. The summed E-state index contributed by atoms with van der Waals surface area (Å²) in [6.07, 6.45) is 2.52. The van der Waals surface area contributed by atoms with E-state index >= 15 is 0 Å². The SMILES string of the molecule is CCOC(=O)NC1CCC(NC(=NCc2ccc(F)c(F)c2)NCc2ccc(F)cc2F)CC1. The van der Waals surface area contributed by atoms with Crippen LogP contribution in [0, 0.1) is 23.3 Å². The Hall–Kier alpha value is -3.30. The van der Waals surface area contributed by atoms with Crippen LogP contribution in [0.4, 0.5) is 22.4 Å². The van der Waals surface area contributed by atoms with Gasteiger partial charge < -0.3 is 20.7 Å². The third-order valence-electron chi connectivity index (χ3n) is 5.53. The molecule has 2 aromatic carbocycles. The van der Waals surface area contributed by atoms with Gasteiger partial charge >= 0.3 is 6.09 Å². The van der Waals surface area contributed by atoms with Gasteiger partial charge in [0.15, 0.2) is 17.6 Å². The quantitative estimate of drug-likeness (QED) is 0.309. The highest BCUT2D eigenvalue weighted by Crippen LogP contribution is 2.19. The first kappa shape index (κ1) is 25.3. The molecule has 3 rings (SSSR count). The number of rotatable bonds is 7. The summed E-state index contributed by atoms with van der Waals surface area (Å²) in [6.45, 7) is 2.17. The number of alkyl carbamates (subject to hydrolysis) is 1. The molecule has 2 aromatic rings. The fraction of sp³-hybridized carbons (Fsp3) is 0.417. The van der Waals surface area contributed by atoms with Crippen LogP contribution in [0.3, 0.4) is 0 Å². The van der Waals surface area contributed by atoms with Crippen molar-refractivity contribution in [2.75, 3.05) is 6.61 Å². The molecule has 34 heavy (non-hydrogen) atoms. The van der Waals surface area contributed by atoms with Gasteiger partial charge in [-0.2, -0.15) is 0 Å². The zero-order valence-corrected chi connectivity index (χ0v) is 18.8. The molecule has 0 saturated heterocycles. The summed E-state index contributed by atoms with van der Waals surface area (Å²) in [6, 6.07) is 6.91. The lowest BCUT2D eigenvalue weighted by Gasteiger charge is -2.30. The molecule has 0 unspecified atom stereocenters. The molecule has 1 aliphatic carbocycles. The van der Waals surface area contributed by atoms with Crippen LogP contribution in [0.25, 0.3) is 0 Å². The van der Waals surface area contributed by atoms with E-state index in [-0.39, 0.29) is 30.7 Å². The average molecular weight is 481 g/mol. The van der Waals surface area contributed by atoms with Crippen LogP contribution in [0.5, 0.6) is 0 Å². The average Bonchev–Trinajstić information content (AvgIpc) is 2.80. The van der Waals surface area contributed by atoms with Crippen molar-refractivity contribution in [3.05, 3.63) is 70.8 Å². The van der Waals surface area contributed by atoms with Crippen molar-refractivity contribution in [3.63, 3.8) is 0 Å². The monoisotopic (exact) mass is 480 g/mol. The molecule has 0 aliphatic heterocycles. The summed E-state index contributed by atoms with van der Waals surface area (Å²) >= 11 is 0. The Bertz CT molecular complexity index is 1010. The molecule has 0 aromatic heterocycles. The van der Waals surface area contributed by atoms with E-state index in [2.05, 4.69) is 20.9 Å². The number of aliphatic imine (C=N–C) groups is 1. The number of nitrogens with one attached hydrogen (secondary N) is 3. The highest BCUT2D eigenvalue weighted by atomic mass is 19.2. The predicted octanol–water partition coefficient (Wildman–Crippen LogP) is 4.54. The molecule has 1 aliphatic rings. The molecule has 3 N–H and O–H groups in total. The Morgan fingerprint density at radius 3 is 2.29 bits per heavy atom. The number of hydrogen-bond acceptors (Lipinski definition) is 3. The molecular weight excluding hydrogens is 452 g/mol. The summed E-state index contributed by atoms with van der Waals surface area (Å²) < 4.78 is 58.9. The Labute approximate surface area is 195 Å². The van der Waals surface area contributed by atoms with Crippen LogP contribution in [-0.2, 0) is 17.8 Å². The first-order valence-electron chi connectivity index (χ1n) is 11.2. The molecule has 0 bridgehead atoms. The van der Waals surface area contributed by atoms with Crippen LogP contribution in [-0.4, -0.2) is 30.7 Å². The standard InChI is InChI=1S/C24H28F4N4O2/c1-2-34-24(33)32-19-8-6-18(7-9-19)31-23(29-13-15-3-10-20(26)22(28)11-15)30-14-16-4-5-17(25)12-21(16)27/h3-5,10-12,18-19H,2,6-9,13-14H2,1H3,(H,32,33)(H2,29,30,31). The van der Waals surface area contributed by atoms with Gasteiger partial charge in [-0.15, -0.1) is 0 Å². The predicted molar refractivity (Wildman–Crippen MR) is 120 cm³/mol. The molecular formula is C24H28F4N4O2. The lowest BCUT2D eigenvalue weighted by molar-refractivity contribution is 0.144. The van der Waals surface area contributed by atoms with Crippen molar-refractivity contribution in [2.45, 2.75) is 57.8 Å². The van der Waals surface area contributed by atoms with Gasteiger partial charge in [-0.3, -0.25) is 0 Å². The summed E-state index contributed by atoms with van der Waals surface area (Å²) in [5, 5.41) is 9.14. The summed E-state index contributed by atoms with van der Waals surface area (Å²) in [5.41, 5.74) is 0.723. The maximum atomic E-state index is 14.0. The Kier molecular flexibility index (Phi) is 9.12. The van der Waals surface area contributed by atoms with E-state index in [0.717, 1.165) is 43.9 Å². The maximum absolute atomic E-state index is 14.0. The molecule has 0 spiro atoms. The highest BCUT2D eigenvalue weighted by Gasteiger charge is 2.23. The number of carbonyl (C=O) groups is 1. The molecule has 184 valence electrons. The van der Waals surface area contributed by atoms with Crippen molar-refractivity contribution in [3.8, 4) is 0 Å². The van der Waals surface area contributed by atoms with Crippen molar-refractivity contribution in [1.29, 1.82) is 0 Å². The molecule has 1 saturated carbocycles. The number of guanidine groups is 1. The lowest BCUT2D eigenvalue weighted by Crippen LogP contribution is -2.47. The van der Waals surface area contributed by atoms with E-state index < -0.39 is 29.4 Å². The van der Waals surface area contributed by atoms with Crippen LogP contribution in [0.1, 0.15) is 43.7 Å². The first-order chi connectivity index (χ1) is 16.3. The molecule has 10 heteroatoms. The largest absolute Gasteiger partial charge is 0.450 e. The van der Waals surface area contributed by atoms with Crippen molar-refractivity contribution < 1.29 is 27.1 Å². The van der Waals surface area contributed by atoms with E-state index in [9.17, 15) is 22.4 Å². The molecule has 1 amide bonds. The van der Waals surface area contributed by atoms with Gasteiger partial charge in [0, 0.05) is 30.3 Å². The van der Waals surface area contributed by atoms with E-state index in [1.807, 2.05) is 0 Å². The Morgan fingerprint density at radius 1 is 0.941 bits per heavy atom. The minimum absolute atomic E-state index is 0.0148. The minimum atomic E-state index is -0.962. The van der Waals surface area contributed by atoms with Gasteiger partial charge in [-0.1, -0.05) is 12.1 Å². The number of benzene rings is 2. The normalized spacial score (nSPS) is 18.3. The van der Waals surface area contributed by atoms with Crippen LogP contribution >= 0.6 is 0 Å². The number of halogens is 4. The van der Waals surface area contributed by atoms with E-state index in [0.29, 0.717) is 18.1 Å². The van der Waals surface area contributed by atoms with E-state index in [1.54, 1.807) is 6.92 Å². The lowest BCUT2D eigenvalue weighted by atomic mass is 9.91. The van der Waals surface area contributed by atoms with Gasteiger partial charge in [-0.05, 0) is 56.4 Å². The smallest absolute Gasteiger partial charge is 0.407 e. The molecule has 0 radical (unpaired) electrons. The van der Waals surface area contributed by atoms with Crippen LogP contribution in [0.2, 0.25) is 0 Å². The number of amides is 1. The summed E-state index contributed by atoms with van der Waals surface area (Å²) in [4.78, 5) is 16.1. The highest BCUT2D eigenvalue weighted by molar-refractivity contribution is 5.80. The second kappa shape index (κ2) is 12.2. The Balaban J connectivity index is 1.63. The fourth-order valence-corrected chi connectivity index (χ4v) is 3.72. The van der Waals surface area contributed by atoms with E-state index in [4.69, 9.17) is 4.74 Å². The summed E-state index contributed by atoms with van der Waals surface area (Å²) in [5.74, 6) is -2.90. The third-order valence-corrected chi connectivity index (χ3v) is 5.53. The second-order valence-electron chi connectivity index (χ2n) is 8.06. The van der Waals surface area contributed by atoms with Gasteiger partial charge in [0.1, 0.15) is 11.6 Å². The zero-order valence-electron chi connectivity index (χ0n) is 18.8. The molecule has 0 atom stereocenters. The van der Waals surface area contributed by atoms with Crippen molar-refractivity contribution in [2.24, 2.45) is 4.99 Å². The van der Waals surface area contributed by atoms with Gasteiger partial charge in [-0.25, -0.2) is 27.3 Å². The topological polar surface area (TPSA) is 74.8 Å². The van der Waals surface area contributed by atoms with Gasteiger partial charge in [0.05, 0.1) is 13.2 Å². The zero-order chi connectivity index (χ0) is 24.5. The summed E-state index contributed by atoms with van der Waals surface area (Å²) in [7, 11) is 0. The van der Waals surface area contributed by atoms with Gasteiger partial charge in [0.25, 0.3) is 0 Å². The molecule has 6 nitrogen and oxygen atoms in total. The molecule has 0 heterocycles. The van der Waals surface area contributed by atoms with E-state index in [1.165, 1.54) is 18.2 Å². The third kappa shape index (κ3) is 7.64. The van der Waals surface area contributed by atoms with Crippen LogP contribution in [0.15, 0.2) is 41.4 Å². The minimum Gasteiger partial charge on any atom is -0.450 e. The van der Waals surface area contributed by atoms with Crippen molar-refractivity contribution >= 4 is 12.1 Å². The second-order valence-corrected chi connectivity index (χ2v) is 8.06. The first-order valence-corrected chi connectivity index (χ1v) is 11.2. The number of nitrogens with zero attached hydrogens (tertiary/aromatic N) is 1. The number of carbonyl (C=O) groups excluding carboxylic acids is 1.